The van der Waals surface area contributed by atoms with Gasteiger partial charge in [0, 0.05) is 38.0 Å². The van der Waals surface area contributed by atoms with Crippen LogP contribution in [0.3, 0.4) is 0 Å². The van der Waals surface area contributed by atoms with Crippen LogP contribution in [0.5, 0.6) is 11.5 Å². The van der Waals surface area contributed by atoms with E-state index in [9.17, 15) is 22.8 Å². The van der Waals surface area contributed by atoms with Crippen molar-refractivity contribution in [1.82, 2.24) is 19.8 Å². The summed E-state index contributed by atoms with van der Waals surface area (Å²) in [6, 6.07) is 4.86. The number of methoxy groups -OCH3 is 2. The number of carbonyl (C=O) groups is 2. The maximum atomic E-state index is 13.8. The van der Waals surface area contributed by atoms with Crippen molar-refractivity contribution < 1.29 is 32.2 Å². The topological polar surface area (TPSA) is 115 Å². The third-order valence-electron chi connectivity index (χ3n) is 7.48. The average Bonchev–Trinajstić information content (AvgIpc) is 3.03. The number of ether oxygens (including phenoxy) is 2. The highest BCUT2D eigenvalue weighted by molar-refractivity contribution is 6.35. The minimum atomic E-state index is -4.69. The highest BCUT2D eigenvalue weighted by Crippen LogP contribution is 2.43. The standard InChI is InChI=1S/C31H36ClF3N8O4/c1-8-26(44)37-20-14-21(25(47-7)15-23(20)41(5)13-12-40(3)4)38-29-36-16-19-17-42(18(2)31(33,34)35)30(45)43(28(19)39-29)22-10-9-11-24(46-6)27(22)32/h8-11,14-16,18H,1,12-13,17H2,2-7H3,(H,37,44)(H,36,38,39)/t18-/m0/s1. The van der Waals surface area contributed by atoms with Gasteiger partial charge in [-0.25, -0.2) is 14.7 Å². The molecule has 0 fully saturated rings. The van der Waals surface area contributed by atoms with Gasteiger partial charge in [0.2, 0.25) is 11.9 Å². The minimum Gasteiger partial charge on any atom is -0.495 e. The second-order valence-electron chi connectivity index (χ2n) is 10.9. The number of likely N-dealkylation sites (N-methyl/N-ethyl adjacent to an activating group) is 2. The highest BCUT2D eigenvalue weighted by atomic mass is 35.5. The van der Waals surface area contributed by atoms with Crippen LogP contribution in [0.25, 0.3) is 0 Å². The van der Waals surface area contributed by atoms with Crippen LogP contribution in [-0.2, 0) is 11.3 Å². The number of halogens is 4. The van der Waals surface area contributed by atoms with E-state index >= 15 is 0 Å². The van der Waals surface area contributed by atoms with E-state index < -0.39 is 30.7 Å². The summed E-state index contributed by atoms with van der Waals surface area (Å²) < 4.78 is 52.4. The fourth-order valence-corrected chi connectivity index (χ4v) is 5.07. The van der Waals surface area contributed by atoms with Crippen molar-refractivity contribution in [1.29, 1.82) is 0 Å². The number of carbonyl (C=O) groups excluding carboxylic acids is 2. The largest absolute Gasteiger partial charge is 0.495 e. The van der Waals surface area contributed by atoms with Gasteiger partial charge in [0.05, 0.1) is 43.5 Å². The molecule has 3 amide bonds. The zero-order chi connectivity index (χ0) is 34.6. The van der Waals surface area contributed by atoms with Gasteiger partial charge in [-0.2, -0.15) is 18.2 Å². The summed E-state index contributed by atoms with van der Waals surface area (Å²) in [5.74, 6) is 0.165. The number of alkyl halides is 3. The first kappa shape index (κ1) is 35.1. The van der Waals surface area contributed by atoms with E-state index in [0.29, 0.717) is 34.3 Å². The summed E-state index contributed by atoms with van der Waals surface area (Å²) in [7, 11) is 8.63. The van der Waals surface area contributed by atoms with E-state index in [1.54, 1.807) is 24.3 Å². The van der Waals surface area contributed by atoms with Gasteiger partial charge >= 0.3 is 12.2 Å². The third-order valence-corrected chi connectivity index (χ3v) is 7.86. The van der Waals surface area contributed by atoms with E-state index in [4.69, 9.17) is 21.1 Å². The first-order valence-corrected chi connectivity index (χ1v) is 14.7. The minimum absolute atomic E-state index is 0.00202. The Kier molecular flexibility index (Phi) is 10.7. The summed E-state index contributed by atoms with van der Waals surface area (Å²) in [6.07, 6.45) is -2.21. The molecule has 2 aromatic carbocycles. The van der Waals surface area contributed by atoms with E-state index in [0.717, 1.165) is 24.4 Å². The number of nitrogens with zero attached hydrogens (tertiary/aromatic N) is 6. The molecule has 4 rings (SSSR count). The Morgan fingerprint density at radius 2 is 1.85 bits per heavy atom. The predicted molar refractivity (Wildman–Crippen MR) is 176 cm³/mol. The van der Waals surface area contributed by atoms with Crippen molar-refractivity contribution in [2.75, 3.05) is 68.9 Å². The monoisotopic (exact) mass is 676 g/mol. The lowest BCUT2D eigenvalue weighted by atomic mass is 10.1. The Bertz CT molecular complexity index is 1660. The molecule has 0 saturated carbocycles. The SMILES string of the molecule is C=CC(=O)Nc1cc(Nc2ncc3c(n2)N(c2cccc(OC)c2Cl)C(=O)N([C@@H](C)C(F)(F)F)C3)c(OC)cc1N(C)CCN(C)C. The van der Waals surface area contributed by atoms with Gasteiger partial charge in [0.15, 0.2) is 5.82 Å². The number of urea groups is 1. The molecule has 3 aromatic rings. The molecule has 0 aliphatic carbocycles. The summed E-state index contributed by atoms with van der Waals surface area (Å²) >= 11 is 6.57. The smallest absolute Gasteiger partial charge is 0.408 e. The molecule has 16 heteroatoms. The zero-order valence-corrected chi connectivity index (χ0v) is 27.5. The Labute approximate surface area is 275 Å². The van der Waals surface area contributed by atoms with Crippen molar-refractivity contribution in [3.63, 3.8) is 0 Å². The molecule has 0 bridgehead atoms. The normalized spacial score (nSPS) is 13.6. The lowest BCUT2D eigenvalue weighted by Gasteiger charge is -2.39. The first-order chi connectivity index (χ1) is 22.2. The molecule has 0 unspecified atom stereocenters. The van der Waals surface area contributed by atoms with E-state index in [1.807, 2.05) is 30.9 Å². The fraction of sp³-hybridized carbons (Fsp3) is 0.355. The van der Waals surface area contributed by atoms with Crippen LogP contribution in [-0.4, -0.2) is 92.4 Å². The van der Waals surface area contributed by atoms with Crippen LogP contribution in [0.2, 0.25) is 5.02 Å². The lowest BCUT2D eigenvalue weighted by molar-refractivity contribution is -0.172. The number of amides is 3. The summed E-state index contributed by atoms with van der Waals surface area (Å²) in [6.45, 7) is 5.41. The van der Waals surface area contributed by atoms with Gasteiger partial charge in [-0.1, -0.05) is 24.2 Å². The number of aromatic nitrogens is 2. The maximum absolute atomic E-state index is 13.8. The number of hydrogen-bond donors (Lipinski definition) is 2. The summed E-state index contributed by atoms with van der Waals surface area (Å²) in [5, 5.41) is 5.88. The van der Waals surface area contributed by atoms with E-state index in [1.165, 1.54) is 26.5 Å². The van der Waals surface area contributed by atoms with Gasteiger partial charge < -0.3 is 34.8 Å². The zero-order valence-electron chi connectivity index (χ0n) is 26.8. The van der Waals surface area contributed by atoms with Gasteiger partial charge in [-0.3, -0.25) is 4.79 Å². The Balaban J connectivity index is 1.82. The quantitative estimate of drug-likeness (QED) is 0.222. The summed E-state index contributed by atoms with van der Waals surface area (Å²) in [5.41, 5.74) is 1.78. The van der Waals surface area contributed by atoms with Gasteiger partial charge in [-0.15, -0.1) is 0 Å². The molecule has 0 radical (unpaired) electrons. The molecule has 2 N–H and O–H groups in total. The fourth-order valence-electron chi connectivity index (χ4n) is 4.79. The molecule has 1 aliphatic heterocycles. The Hall–Kier alpha value is -4.76. The number of hydrogen-bond acceptors (Lipinski definition) is 9. The van der Waals surface area contributed by atoms with Crippen LogP contribution < -0.4 is 29.9 Å². The highest BCUT2D eigenvalue weighted by Gasteiger charge is 2.46. The number of fused-ring (bicyclic) bond motifs is 1. The second-order valence-corrected chi connectivity index (χ2v) is 11.3. The van der Waals surface area contributed by atoms with Crippen LogP contribution in [0, 0.1) is 0 Å². The maximum Gasteiger partial charge on any atom is 0.408 e. The molecule has 1 aromatic heterocycles. The first-order valence-electron chi connectivity index (χ1n) is 14.3. The van der Waals surface area contributed by atoms with Crippen molar-refractivity contribution in [3.8, 4) is 11.5 Å². The van der Waals surface area contributed by atoms with Gasteiger partial charge in [-0.05, 0) is 45.3 Å². The van der Waals surface area contributed by atoms with Gasteiger partial charge in [0.25, 0.3) is 0 Å². The molecular weight excluding hydrogens is 641 g/mol. The third kappa shape index (κ3) is 7.63. The predicted octanol–water partition coefficient (Wildman–Crippen LogP) is 6.04. The Morgan fingerprint density at radius 3 is 2.47 bits per heavy atom. The Morgan fingerprint density at radius 1 is 1.15 bits per heavy atom. The van der Waals surface area contributed by atoms with Gasteiger partial charge in [0.1, 0.15) is 22.6 Å². The van der Waals surface area contributed by atoms with Crippen LogP contribution in [0.15, 0.2) is 49.2 Å². The second kappa shape index (κ2) is 14.3. The van der Waals surface area contributed by atoms with Crippen LogP contribution in [0.4, 0.5) is 52.5 Å². The van der Waals surface area contributed by atoms with Crippen molar-refractivity contribution in [2.24, 2.45) is 0 Å². The number of rotatable bonds is 12. The lowest BCUT2D eigenvalue weighted by Crippen LogP contribution is -2.53. The molecule has 47 heavy (non-hydrogen) atoms. The molecule has 2 heterocycles. The molecule has 0 saturated heterocycles. The molecule has 1 aliphatic rings. The molecule has 12 nitrogen and oxygen atoms in total. The summed E-state index contributed by atoms with van der Waals surface area (Å²) in [4.78, 5) is 40.7. The van der Waals surface area contributed by atoms with E-state index in [-0.39, 0.29) is 33.8 Å². The van der Waals surface area contributed by atoms with E-state index in [2.05, 4.69) is 27.2 Å². The molecule has 1 atom stereocenters. The molecule has 252 valence electrons. The number of benzene rings is 2. The van der Waals surface area contributed by atoms with Crippen molar-refractivity contribution in [2.45, 2.75) is 25.7 Å². The molecule has 0 spiro atoms. The number of anilines is 6. The van der Waals surface area contributed by atoms with Crippen LogP contribution >= 0.6 is 11.6 Å². The average molecular weight is 677 g/mol. The molecular formula is C31H36ClF3N8O4. The number of nitrogens with one attached hydrogen (secondary N) is 2. The van der Waals surface area contributed by atoms with Crippen molar-refractivity contribution in [3.05, 3.63) is 59.8 Å². The van der Waals surface area contributed by atoms with Crippen molar-refractivity contribution >= 4 is 58.1 Å². The van der Waals surface area contributed by atoms with Crippen LogP contribution in [0.1, 0.15) is 12.5 Å².